The summed E-state index contributed by atoms with van der Waals surface area (Å²) in [5, 5.41) is 4.74. The first-order valence-corrected chi connectivity index (χ1v) is 11.1. The molecule has 0 aliphatic carbocycles. The molecule has 0 bridgehead atoms. The van der Waals surface area contributed by atoms with Crippen molar-refractivity contribution in [3.63, 3.8) is 0 Å². The van der Waals surface area contributed by atoms with E-state index >= 15 is 0 Å². The standard InChI is InChI=1S/C29H23FN2O3/c1-17(14-26(33)32-25-8-4-6-20-7-5-13-31-27(20)25)22-15-23-24(19-9-11-21(30)12-10-19)16-35-29(23)18(2)28(22)34-3/h4-16H,1-3H3,(H,32,33)/b17-14+. The topological polar surface area (TPSA) is 64.4 Å². The maximum atomic E-state index is 13.4. The second kappa shape index (κ2) is 9.06. The zero-order valence-corrected chi connectivity index (χ0v) is 19.6. The third-order valence-corrected chi connectivity index (χ3v) is 6.07. The Morgan fingerprint density at radius 2 is 1.89 bits per heavy atom. The van der Waals surface area contributed by atoms with Crippen molar-refractivity contribution in [2.75, 3.05) is 12.4 Å². The second-order valence-corrected chi connectivity index (χ2v) is 8.31. The molecule has 2 heterocycles. The lowest BCUT2D eigenvalue weighted by molar-refractivity contribution is -0.111. The summed E-state index contributed by atoms with van der Waals surface area (Å²) < 4.78 is 25.0. The third kappa shape index (κ3) is 4.15. The average Bonchev–Trinajstić information content (AvgIpc) is 3.29. The van der Waals surface area contributed by atoms with E-state index in [1.54, 1.807) is 37.8 Å². The summed E-state index contributed by atoms with van der Waals surface area (Å²) in [6.07, 6.45) is 4.90. The molecule has 174 valence electrons. The van der Waals surface area contributed by atoms with Gasteiger partial charge in [-0.2, -0.15) is 0 Å². The van der Waals surface area contributed by atoms with Crippen LogP contribution in [0.4, 0.5) is 10.1 Å². The fourth-order valence-corrected chi connectivity index (χ4v) is 4.37. The number of carbonyl (C=O) groups excluding carboxylic acids is 1. The lowest BCUT2D eigenvalue weighted by atomic mass is 9.96. The van der Waals surface area contributed by atoms with E-state index in [1.807, 2.05) is 50.2 Å². The number of anilines is 1. The number of allylic oxidation sites excluding steroid dienone is 1. The minimum Gasteiger partial charge on any atom is -0.496 e. The Hall–Kier alpha value is -4.45. The quantitative estimate of drug-likeness (QED) is 0.280. The van der Waals surface area contributed by atoms with Crippen LogP contribution in [0.3, 0.4) is 0 Å². The summed E-state index contributed by atoms with van der Waals surface area (Å²) in [4.78, 5) is 17.3. The average molecular weight is 467 g/mol. The molecule has 0 unspecified atom stereocenters. The first-order chi connectivity index (χ1) is 17.0. The van der Waals surface area contributed by atoms with Gasteiger partial charge in [-0.15, -0.1) is 0 Å². The van der Waals surface area contributed by atoms with Gasteiger partial charge in [-0.25, -0.2) is 4.39 Å². The van der Waals surface area contributed by atoms with Crippen molar-refractivity contribution < 1.29 is 18.3 Å². The largest absolute Gasteiger partial charge is 0.496 e. The molecule has 0 spiro atoms. The van der Waals surface area contributed by atoms with Crippen molar-refractivity contribution in [2.45, 2.75) is 13.8 Å². The Morgan fingerprint density at radius 3 is 2.66 bits per heavy atom. The number of nitrogens with one attached hydrogen (secondary N) is 1. The molecule has 5 nitrogen and oxygen atoms in total. The molecule has 35 heavy (non-hydrogen) atoms. The molecule has 5 rings (SSSR count). The first kappa shape index (κ1) is 22.3. The van der Waals surface area contributed by atoms with Crippen molar-refractivity contribution in [2.24, 2.45) is 0 Å². The minimum atomic E-state index is -0.300. The van der Waals surface area contributed by atoms with Gasteiger partial charge in [0, 0.05) is 39.7 Å². The zero-order chi connectivity index (χ0) is 24.5. The number of hydrogen-bond donors (Lipinski definition) is 1. The zero-order valence-electron chi connectivity index (χ0n) is 19.6. The first-order valence-electron chi connectivity index (χ1n) is 11.1. The molecule has 6 heteroatoms. The summed E-state index contributed by atoms with van der Waals surface area (Å²) in [7, 11) is 1.59. The number of hydrogen-bond acceptors (Lipinski definition) is 4. The van der Waals surface area contributed by atoms with Crippen molar-refractivity contribution in [1.29, 1.82) is 0 Å². The van der Waals surface area contributed by atoms with E-state index in [2.05, 4.69) is 10.3 Å². The fourth-order valence-electron chi connectivity index (χ4n) is 4.37. The predicted octanol–water partition coefficient (Wildman–Crippen LogP) is 7.15. The lowest BCUT2D eigenvalue weighted by Crippen LogP contribution is -2.09. The van der Waals surface area contributed by atoms with Crippen LogP contribution in [0.5, 0.6) is 5.75 Å². The second-order valence-electron chi connectivity index (χ2n) is 8.31. The molecule has 5 aromatic rings. The number of fused-ring (bicyclic) bond motifs is 2. The number of carbonyl (C=O) groups is 1. The molecule has 0 saturated carbocycles. The highest BCUT2D eigenvalue weighted by Gasteiger charge is 2.19. The Labute approximate surface area is 201 Å². The number of aromatic nitrogens is 1. The fraction of sp³-hybridized carbons (Fsp3) is 0.103. The molecule has 2 aromatic heterocycles. The van der Waals surface area contributed by atoms with Crippen molar-refractivity contribution in [3.8, 4) is 16.9 Å². The number of rotatable bonds is 5. The van der Waals surface area contributed by atoms with Gasteiger partial charge < -0.3 is 14.5 Å². The molecule has 0 atom stereocenters. The summed E-state index contributed by atoms with van der Waals surface area (Å²) in [6.45, 7) is 3.78. The van der Waals surface area contributed by atoms with Gasteiger partial charge in [-0.05, 0) is 55.3 Å². The lowest BCUT2D eigenvalue weighted by Gasteiger charge is -2.13. The molecule has 3 aromatic carbocycles. The van der Waals surface area contributed by atoms with E-state index in [-0.39, 0.29) is 11.7 Å². The van der Waals surface area contributed by atoms with Gasteiger partial charge in [0.2, 0.25) is 5.91 Å². The number of methoxy groups -OCH3 is 1. The van der Waals surface area contributed by atoms with Gasteiger partial charge in [0.15, 0.2) is 0 Å². The van der Waals surface area contributed by atoms with Gasteiger partial charge in [-0.3, -0.25) is 9.78 Å². The number of ether oxygens (including phenoxy) is 1. The predicted molar refractivity (Wildman–Crippen MR) is 137 cm³/mol. The highest BCUT2D eigenvalue weighted by Crippen LogP contribution is 2.40. The summed E-state index contributed by atoms with van der Waals surface area (Å²) >= 11 is 0. The number of furan rings is 1. The van der Waals surface area contributed by atoms with E-state index in [0.717, 1.165) is 44.1 Å². The Morgan fingerprint density at radius 1 is 1.11 bits per heavy atom. The normalized spacial score (nSPS) is 11.7. The maximum Gasteiger partial charge on any atom is 0.248 e. The number of benzene rings is 3. The maximum absolute atomic E-state index is 13.4. The van der Waals surface area contributed by atoms with Crippen molar-refractivity contribution in [1.82, 2.24) is 4.98 Å². The molecule has 1 N–H and O–H groups in total. The number of aryl methyl sites for hydroxylation is 1. The van der Waals surface area contributed by atoms with Gasteiger partial charge in [0.25, 0.3) is 0 Å². The molecular formula is C29H23FN2O3. The monoisotopic (exact) mass is 466 g/mol. The van der Waals surface area contributed by atoms with Crippen LogP contribution in [-0.4, -0.2) is 18.0 Å². The van der Waals surface area contributed by atoms with Crippen LogP contribution >= 0.6 is 0 Å². The van der Waals surface area contributed by atoms with Gasteiger partial charge in [0.05, 0.1) is 24.6 Å². The number of amides is 1. The molecular weight excluding hydrogens is 443 g/mol. The van der Waals surface area contributed by atoms with Crippen molar-refractivity contribution >= 4 is 39.0 Å². The Balaban J connectivity index is 1.55. The van der Waals surface area contributed by atoms with Crippen LogP contribution in [-0.2, 0) is 4.79 Å². The SMILES string of the molecule is COc1c(/C(C)=C/C(=O)Nc2cccc3cccnc23)cc2c(-c3ccc(F)cc3)coc2c1C. The van der Waals surface area contributed by atoms with Gasteiger partial charge in [0.1, 0.15) is 17.1 Å². The van der Waals surface area contributed by atoms with Crippen LogP contribution in [0.2, 0.25) is 0 Å². The number of para-hydroxylation sites is 1. The van der Waals surface area contributed by atoms with Crippen LogP contribution in [0.1, 0.15) is 18.1 Å². The summed E-state index contributed by atoms with van der Waals surface area (Å²) in [6, 6.07) is 17.7. The molecule has 0 aliphatic heterocycles. The van der Waals surface area contributed by atoms with Crippen LogP contribution in [0.15, 0.2) is 83.6 Å². The number of nitrogens with zero attached hydrogens (tertiary/aromatic N) is 1. The van der Waals surface area contributed by atoms with E-state index in [9.17, 15) is 9.18 Å². The third-order valence-electron chi connectivity index (χ3n) is 6.07. The number of halogens is 1. The van der Waals surface area contributed by atoms with Crippen LogP contribution < -0.4 is 10.1 Å². The van der Waals surface area contributed by atoms with E-state index in [0.29, 0.717) is 17.0 Å². The summed E-state index contributed by atoms with van der Waals surface area (Å²) in [5.41, 5.74) is 6.05. The highest BCUT2D eigenvalue weighted by molar-refractivity contribution is 6.08. The van der Waals surface area contributed by atoms with E-state index < -0.39 is 0 Å². The van der Waals surface area contributed by atoms with Crippen LogP contribution in [0.25, 0.3) is 38.6 Å². The minimum absolute atomic E-state index is 0.272. The van der Waals surface area contributed by atoms with Crippen molar-refractivity contribution in [3.05, 3.63) is 96.1 Å². The highest BCUT2D eigenvalue weighted by atomic mass is 19.1. The van der Waals surface area contributed by atoms with Crippen LogP contribution in [0, 0.1) is 12.7 Å². The molecule has 1 amide bonds. The summed E-state index contributed by atoms with van der Waals surface area (Å²) in [5.74, 6) is 0.0589. The molecule has 0 saturated heterocycles. The van der Waals surface area contributed by atoms with E-state index in [4.69, 9.17) is 9.15 Å². The Bertz CT molecular complexity index is 1600. The molecule has 0 radical (unpaired) electrons. The Kier molecular flexibility index (Phi) is 5.79. The van der Waals surface area contributed by atoms with Gasteiger partial charge in [-0.1, -0.05) is 30.3 Å². The number of pyridine rings is 1. The molecule has 0 fully saturated rings. The smallest absolute Gasteiger partial charge is 0.248 e. The van der Waals surface area contributed by atoms with Gasteiger partial charge >= 0.3 is 0 Å². The van der Waals surface area contributed by atoms with E-state index in [1.165, 1.54) is 12.1 Å². The molecule has 0 aliphatic rings.